The van der Waals surface area contributed by atoms with Crippen LogP contribution in [0.1, 0.15) is 33.6 Å². The van der Waals surface area contributed by atoms with Crippen molar-refractivity contribution in [1.29, 1.82) is 0 Å². The van der Waals surface area contributed by atoms with Crippen LogP contribution in [0.4, 0.5) is 28.0 Å². The number of para-hydroxylation sites is 1. The Hall–Kier alpha value is -3.01. The number of hydrogen-bond donors (Lipinski definition) is 1. The van der Waals surface area contributed by atoms with Crippen molar-refractivity contribution in [2.24, 2.45) is 0 Å². The first kappa shape index (κ1) is 26.6. The Morgan fingerprint density at radius 3 is 2.40 bits per heavy atom. The molecule has 1 unspecified atom stereocenters. The predicted molar refractivity (Wildman–Crippen MR) is 123 cm³/mol. The summed E-state index contributed by atoms with van der Waals surface area (Å²) in [6.45, 7) is 5.07. The van der Waals surface area contributed by atoms with Gasteiger partial charge in [-0.15, -0.1) is 13.2 Å². The van der Waals surface area contributed by atoms with E-state index in [4.69, 9.17) is 16.3 Å². The molecule has 2 amide bonds. The number of nitrogens with zero attached hydrogens (tertiary/aromatic N) is 1. The van der Waals surface area contributed by atoms with Crippen LogP contribution in [0.15, 0.2) is 42.5 Å². The van der Waals surface area contributed by atoms with E-state index in [-0.39, 0.29) is 41.2 Å². The van der Waals surface area contributed by atoms with Gasteiger partial charge in [-0.2, -0.15) is 0 Å². The topological polar surface area (TPSA) is 67.9 Å². The monoisotopic (exact) mass is 516 g/mol. The Morgan fingerprint density at radius 1 is 1.09 bits per heavy atom. The van der Waals surface area contributed by atoms with Gasteiger partial charge in [-0.05, 0) is 45.4 Å². The maximum Gasteiger partial charge on any atom is 0.573 e. The molecule has 2 atom stereocenters. The summed E-state index contributed by atoms with van der Waals surface area (Å²) < 4.78 is 61.8. The molecule has 0 aliphatic carbocycles. The van der Waals surface area contributed by atoms with Crippen LogP contribution in [0.5, 0.6) is 5.75 Å². The van der Waals surface area contributed by atoms with Gasteiger partial charge >= 0.3 is 12.5 Å². The molecule has 0 bridgehead atoms. The van der Waals surface area contributed by atoms with E-state index in [2.05, 4.69) is 10.1 Å². The van der Waals surface area contributed by atoms with Gasteiger partial charge in [0.2, 0.25) is 5.91 Å². The van der Waals surface area contributed by atoms with Gasteiger partial charge in [-0.1, -0.05) is 35.9 Å². The standard InChI is InChI=1S/C24H25ClF4N2O4/c1-23(2,3)35-22(33)31-11-10-14(26)12-19(31)21(32)30-15-8-9-16(18(25)13-15)17-6-4-5-7-20(17)34-24(27,28)29/h4-9,13-14,19H,10-12H2,1-3H3,(H,30,32)/t14?,19-/m1/s1. The van der Waals surface area contributed by atoms with Crippen LogP contribution in [0, 0.1) is 0 Å². The number of ether oxygens (including phenoxy) is 2. The molecule has 1 N–H and O–H groups in total. The van der Waals surface area contributed by atoms with E-state index in [1.54, 1.807) is 20.8 Å². The lowest BCUT2D eigenvalue weighted by Crippen LogP contribution is -2.53. The molecule has 1 fully saturated rings. The van der Waals surface area contributed by atoms with Gasteiger partial charge in [0.1, 0.15) is 23.6 Å². The summed E-state index contributed by atoms with van der Waals surface area (Å²) in [6, 6.07) is 8.63. The molecule has 1 saturated heterocycles. The van der Waals surface area contributed by atoms with Gasteiger partial charge in [0.25, 0.3) is 0 Å². The molecule has 3 rings (SSSR count). The van der Waals surface area contributed by atoms with Gasteiger partial charge in [-0.3, -0.25) is 9.69 Å². The van der Waals surface area contributed by atoms with Gasteiger partial charge in [0.15, 0.2) is 0 Å². The summed E-state index contributed by atoms with van der Waals surface area (Å²) >= 11 is 6.32. The SMILES string of the molecule is CC(C)(C)OC(=O)N1CCC(F)C[C@@H]1C(=O)Nc1ccc(-c2ccccc2OC(F)(F)F)c(Cl)c1. The molecule has 1 heterocycles. The van der Waals surface area contributed by atoms with E-state index in [1.165, 1.54) is 41.3 Å². The fourth-order valence-corrected chi connectivity index (χ4v) is 3.93. The average molecular weight is 517 g/mol. The number of carbonyl (C=O) groups is 2. The third-order valence-electron chi connectivity index (χ3n) is 5.11. The second-order valence-electron chi connectivity index (χ2n) is 9.04. The second-order valence-corrected chi connectivity index (χ2v) is 9.45. The Bertz CT molecular complexity index is 1090. The fraction of sp³-hybridized carbons (Fsp3) is 0.417. The number of rotatable bonds is 4. The smallest absolute Gasteiger partial charge is 0.444 e. The molecule has 35 heavy (non-hydrogen) atoms. The minimum Gasteiger partial charge on any atom is -0.444 e. The zero-order valence-electron chi connectivity index (χ0n) is 19.3. The van der Waals surface area contributed by atoms with Gasteiger partial charge < -0.3 is 14.8 Å². The number of amides is 2. The van der Waals surface area contributed by atoms with Crippen LogP contribution < -0.4 is 10.1 Å². The first-order valence-electron chi connectivity index (χ1n) is 10.8. The number of nitrogens with one attached hydrogen (secondary N) is 1. The van der Waals surface area contributed by atoms with E-state index in [1.807, 2.05) is 0 Å². The first-order chi connectivity index (χ1) is 16.2. The highest BCUT2D eigenvalue weighted by atomic mass is 35.5. The summed E-state index contributed by atoms with van der Waals surface area (Å²) in [4.78, 5) is 26.7. The molecule has 0 aromatic heterocycles. The van der Waals surface area contributed by atoms with Crippen molar-refractivity contribution in [3.63, 3.8) is 0 Å². The summed E-state index contributed by atoms with van der Waals surface area (Å²) in [5.41, 5.74) is -0.207. The van der Waals surface area contributed by atoms with Gasteiger partial charge in [0, 0.05) is 29.8 Å². The van der Waals surface area contributed by atoms with Crippen LogP contribution >= 0.6 is 11.6 Å². The molecule has 0 radical (unpaired) electrons. The molecule has 6 nitrogen and oxygen atoms in total. The number of anilines is 1. The van der Waals surface area contributed by atoms with E-state index in [0.717, 1.165) is 6.07 Å². The lowest BCUT2D eigenvalue weighted by molar-refractivity contribution is -0.274. The van der Waals surface area contributed by atoms with Crippen molar-refractivity contribution >= 4 is 29.3 Å². The van der Waals surface area contributed by atoms with Crippen molar-refractivity contribution in [1.82, 2.24) is 4.90 Å². The Kier molecular flexibility index (Phi) is 7.83. The molecule has 190 valence electrons. The first-order valence-corrected chi connectivity index (χ1v) is 11.2. The number of alkyl halides is 4. The third kappa shape index (κ3) is 7.24. The van der Waals surface area contributed by atoms with Gasteiger partial charge in [-0.25, -0.2) is 9.18 Å². The molecule has 1 aliphatic rings. The highest BCUT2D eigenvalue weighted by Gasteiger charge is 2.38. The molecular weight excluding hydrogens is 492 g/mol. The zero-order chi connectivity index (χ0) is 26.0. The molecule has 0 spiro atoms. The lowest BCUT2D eigenvalue weighted by Gasteiger charge is -2.37. The van der Waals surface area contributed by atoms with Crippen molar-refractivity contribution in [3.05, 3.63) is 47.5 Å². The molecule has 2 aromatic rings. The van der Waals surface area contributed by atoms with Crippen LogP contribution in [-0.4, -0.2) is 47.6 Å². The molecule has 1 aliphatic heterocycles. The minimum absolute atomic E-state index is 0.0177. The zero-order valence-corrected chi connectivity index (χ0v) is 20.0. The Balaban J connectivity index is 1.80. The summed E-state index contributed by atoms with van der Waals surface area (Å²) in [7, 11) is 0. The fourth-order valence-electron chi connectivity index (χ4n) is 3.65. The number of halogens is 5. The number of carbonyl (C=O) groups excluding carboxylic acids is 2. The second kappa shape index (κ2) is 10.3. The van der Waals surface area contributed by atoms with Crippen LogP contribution in [0.3, 0.4) is 0 Å². The lowest BCUT2D eigenvalue weighted by atomic mass is 10.00. The largest absolute Gasteiger partial charge is 0.573 e. The normalized spacial score (nSPS) is 18.7. The van der Waals surface area contributed by atoms with E-state index >= 15 is 0 Å². The molecular formula is C24H25ClF4N2O4. The summed E-state index contributed by atoms with van der Waals surface area (Å²) in [5, 5.41) is 2.65. The van der Waals surface area contributed by atoms with E-state index in [0.29, 0.717) is 0 Å². The van der Waals surface area contributed by atoms with Crippen molar-refractivity contribution < 1.29 is 36.6 Å². The Labute approximate surface area is 205 Å². The highest BCUT2D eigenvalue weighted by Crippen LogP contribution is 2.38. The average Bonchev–Trinajstić information content (AvgIpc) is 2.72. The van der Waals surface area contributed by atoms with Crippen LogP contribution in [0.25, 0.3) is 11.1 Å². The van der Waals surface area contributed by atoms with E-state index < -0.39 is 41.9 Å². The number of benzene rings is 2. The van der Waals surface area contributed by atoms with Crippen LogP contribution in [-0.2, 0) is 9.53 Å². The number of hydrogen-bond acceptors (Lipinski definition) is 4. The van der Waals surface area contributed by atoms with Crippen molar-refractivity contribution in [2.75, 3.05) is 11.9 Å². The summed E-state index contributed by atoms with van der Waals surface area (Å²) in [6.07, 6.45) is -6.98. The molecule has 0 saturated carbocycles. The molecule has 2 aromatic carbocycles. The summed E-state index contributed by atoms with van der Waals surface area (Å²) in [5.74, 6) is -1.06. The van der Waals surface area contributed by atoms with Crippen molar-refractivity contribution in [3.8, 4) is 16.9 Å². The Morgan fingerprint density at radius 2 is 1.77 bits per heavy atom. The molecule has 11 heteroatoms. The van der Waals surface area contributed by atoms with Crippen molar-refractivity contribution in [2.45, 2.75) is 57.8 Å². The third-order valence-corrected chi connectivity index (χ3v) is 5.42. The van der Waals surface area contributed by atoms with Crippen LogP contribution in [0.2, 0.25) is 5.02 Å². The van der Waals surface area contributed by atoms with E-state index in [9.17, 15) is 27.2 Å². The maximum absolute atomic E-state index is 14.1. The quantitative estimate of drug-likeness (QED) is 0.466. The predicted octanol–water partition coefficient (Wildman–Crippen LogP) is 6.58. The van der Waals surface area contributed by atoms with Gasteiger partial charge in [0.05, 0.1) is 5.02 Å². The number of likely N-dealkylation sites (tertiary alicyclic amines) is 1. The highest BCUT2D eigenvalue weighted by molar-refractivity contribution is 6.33. The maximum atomic E-state index is 14.1. The minimum atomic E-state index is -4.88. The number of piperidine rings is 1.